The zero-order valence-electron chi connectivity index (χ0n) is 23.6. The molecule has 6 heteroatoms. The number of hydrogen-bond acceptors (Lipinski definition) is 4. The molecule has 6 nitrogen and oxygen atoms in total. The molecule has 2 aromatic carbocycles. The number of benzene rings is 2. The van der Waals surface area contributed by atoms with E-state index in [-0.39, 0.29) is 18.0 Å². The highest BCUT2D eigenvalue weighted by Gasteiger charge is 2.25. The van der Waals surface area contributed by atoms with Crippen molar-refractivity contribution in [3.8, 4) is 11.1 Å². The van der Waals surface area contributed by atoms with E-state index in [1.54, 1.807) is 0 Å². The minimum atomic E-state index is -0.174. The average Bonchev–Trinajstić information content (AvgIpc) is 2.90. The van der Waals surface area contributed by atoms with E-state index in [1.165, 1.54) is 5.56 Å². The maximum absolute atomic E-state index is 13.6. The van der Waals surface area contributed by atoms with E-state index in [2.05, 4.69) is 66.3 Å². The van der Waals surface area contributed by atoms with Gasteiger partial charge in [-0.3, -0.25) is 9.59 Å². The van der Waals surface area contributed by atoms with Crippen molar-refractivity contribution in [1.29, 1.82) is 0 Å². The molecule has 1 aliphatic rings. The van der Waals surface area contributed by atoms with Gasteiger partial charge >= 0.3 is 0 Å². The Morgan fingerprint density at radius 1 is 1.05 bits per heavy atom. The normalized spacial score (nSPS) is 14.1. The van der Waals surface area contributed by atoms with Gasteiger partial charge in [0.2, 0.25) is 0 Å². The molecule has 1 aromatic heterocycles. The number of nitrogens with zero attached hydrogens (tertiary/aromatic N) is 1. The summed E-state index contributed by atoms with van der Waals surface area (Å²) in [7, 11) is 0. The van der Waals surface area contributed by atoms with Crippen molar-refractivity contribution < 1.29 is 9.53 Å². The molecule has 38 heavy (non-hydrogen) atoms. The second kappa shape index (κ2) is 12.0. The topological polar surface area (TPSA) is 74.4 Å². The molecule has 2 N–H and O–H groups in total. The lowest BCUT2D eigenvalue weighted by Gasteiger charge is -2.37. The summed E-state index contributed by atoms with van der Waals surface area (Å²) in [6.45, 7) is 14.9. The van der Waals surface area contributed by atoms with E-state index in [1.807, 2.05) is 32.9 Å². The van der Waals surface area contributed by atoms with Gasteiger partial charge in [0.05, 0.1) is 0 Å². The quantitative estimate of drug-likeness (QED) is 0.384. The molecule has 1 amide bonds. The van der Waals surface area contributed by atoms with Crippen LogP contribution in [0.2, 0.25) is 0 Å². The van der Waals surface area contributed by atoms with Crippen LogP contribution in [-0.4, -0.2) is 36.7 Å². The number of pyridine rings is 1. The molecule has 2 heterocycles. The van der Waals surface area contributed by atoms with Crippen LogP contribution < -0.4 is 15.8 Å². The number of aromatic nitrogens is 1. The molecule has 0 saturated carbocycles. The van der Waals surface area contributed by atoms with Crippen molar-refractivity contribution in [1.82, 2.24) is 10.3 Å². The summed E-state index contributed by atoms with van der Waals surface area (Å²) in [5, 5.41) is 3.03. The van der Waals surface area contributed by atoms with Gasteiger partial charge in [0.15, 0.2) is 0 Å². The van der Waals surface area contributed by atoms with Crippen LogP contribution in [0.15, 0.2) is 47.3 Å². The summed E-state index contributed by atoms with van der Waals surface area (Å²) in [5.74, 6) is 0.281. The van der Waals surface area contributed by atoms with Crippen molar-refractivity contribution >= 4 is 11.6 Å². The highest BCUT2D eigenvalue weighted by atomic mass is 16.5. The molecule has 202 valence electrons. The Hall–Kier alpha value is -3.38. The molecule has 0 spiro atoms. The van der Waals surface area contributed by atoms with Crippen molar-refractivity contribution in [2.75, 3.05) is 24.7 Å². The first kappa shape index (κ1) is 27.6. The first-order chi connectivity index (χ1) is 18.2. The lowest BCUT2D eigenvalue weighted by Crippen LogP contribution is -2.40. The summed E-state index contributed by atoms with van der Waals surface area (Å²) >= 11 is 0. The van der Waals surface area contributed by atoms with Gasteiger partial charge in [-0.2, -0.15) is 0 Å². The minimum Gasteiger partial charge on any atom is -0.381 e. The fourth-order valence-corrected chi connectivity index (χ4v) is 5.45. The largest absolute Gasteiger partial charge is 0.381 e. The van der Waals surface area contributed by atoms with Crippen LogP contribution in [0, 0.1) is 20.8 Å². The Morgan fingerprint density at radius 3 is 2.34 bits per heavy atom. The summed E-state index contributed by atoms with van der Waals surface area (Å²) in [4.78, 5) is 31.4. The van der Waals surface area contributed by atoms with Crippen molar-refractivity contribution in [2.24, 2.45) is 0 Å². The number of carbonyl (C=O) groups is 1. The van der Waals surface area contributed by atoms with E-state index in [9.17, 15) is 9.59 Å². The SMILES string of the molecule is CCN(c1cc(-c2ccc(C(C)C)cc2)cc(C(=O)NCc2c(C)cc(C)[nH]c2=O)c1C)C1CCOCC1. The number of aromatic amines is 1. The molecule has 0 radical (unpaired) electrons. The fourth-order valence-electron chi connectivity index (χ4n) is 5.45. The molecule has 0 aliphatic carbocycles. The number of ether oxygens (including phenoxy) is 1. The van der Waals surface area contributed by atoms with Gasteiger partial charge in [-0.25, -0.2) is 0 Å². The fraction of sp³-hybridized carbons (Fsp3) is 0.438. The van der Waals surface area contributed by atoms with Gasteiger partial charge in [-0.15, -0.1) is 0 Å². The van der Waals surface area contributed by atoms with Crippen LogP contribution in [0.4, 0.5) is 5.69 Å². The molecule has 0 unspecified atom stereocenters. The summed E-state index contributed by atoms with van der Waals surface area (Å²) in [5.41, 5.74) is 8.17. The second-order valence-corrected chi connectivity index (χ2v) is 10.7. The molecule has 1 saturated heterocycles. The van der Waals surface area contributed by atoms with Crippen LogP contribution in [0.5, 0.6) is 0 Å². The van der Waals surface area contributed by atoms with Crippen LogP contribution in [-0.2, 0) is 11.3 Å². The van der Waals surface area contributed by atoms with E-state index in [4.69, 9.17) is 4.74 Å². The predicted molar refractivity (Wildman–Crippen MR) is 155 cm³/mol. The van der Waals surface area contributed by atoms with Gasteiger partial charge in [0, 0.05) is 54.9 Å². The first-order valence-electron chi connectivity index (χ1n) is 13.8. The maximum Gasteiger partial charge on any atom is 0.253 e. The van der Waals surface area contributed by atoms with Gasteiger partial charge in [0.25, 0.3) is 11.5 Å². The Bertz CT molecular complexity index is 1340. The molecular formula is C32H41N3O3. The van der Waals surface area contributed by atoms with Crippen LogP contribution in [0.25, 0.3) is 11.1 Å². The van der Waals surface area contributed by atoms with Crippen LogP contribution >= 0.6 is 0 Å². The summed E-state index contributed by atoms with van der Waals surface area (Å²) in [6, 6.07) is 15.1. The van der Waals surface area contributed by atoms with E-state index in [0.717, 1.165) is 66.2 Å². The molecule has 3 aromatic rings. The Balaban J connectivity index is 1.74. The molecule has 0 atom stereocenters. The zero-order chi connectivity index (χ0) is 27.4. The van der Waals surface area contributed by atoms with Gasteiger partial charge in [0.1, 0.15) is 0 Å². The monoisotopic (exact) mass is 515 g/mol. The average molecular weight is 516 g/mol. The maximum atomic E-state index is 13.6. The Morgan fingerprint density at radius 2 is 1.74 bits per heavy atom. The number of hydrogen-bond donors (Lipinski definition) is 2. The second-order valence-electron chi connectivity index (χ2n) is 10.7. The van der Waals surface area contributed by atoms with Crippen LogP contribution in [0.3, 0.4) is 0 Å². The van der Waals surface area contributed by atoms with Crippen molar-refractivity contribution in [3.05, 3.63) is 86.3 Å². The molecule has 1 aliphatic heterocycles. The lowest BCUT2D eigenvalue weighted by atomic mass is 9.93. The molecular weight excluding hydrogens is 474 g/mol. The van der Waals surface area contributed by atoms with E-state index in [0.29, 0.717) is 23.1 Å². The molecule has 1 fully saturated rings. The third-order valence-corrected chi connectivity index (χ3v) is 7.74. The number of nitrogens with one attached hydrogen (secondary N) is 2. The highest BCUT2D eigenvalue weighted by Crippen LogP contribution is 2.34. The van der Waals surface area contributed by atoms with Crippen molar-refractivity contribution in [2.45, 2.75) is 72.9 Å². The van der Waals surface area contributed by atoms with Crippen LogP contribution in [0.1, 0.15) is 77.8 Å². The standard InChI is InChI=1S/C32H41N3O3/c1-7-35(27-12-14-38-15-13-27)30-18-26(25-10-8-24(9-11-25)20(2)3)17-28(23(30)6)31(36)33-19-29-21(4)16-22(5)34-32(29)37/h8-11,16-18,20,27H,7,12-15,19H2,1-6H3,(H,33,36)(H,34,37). The smallest absolute Gasteiger partial charge is 0.253 e. The third kappa shape index (κ3) is 6.02. The molecule has 0 bridgehead atoms. The third-order valence-electron chi connectivity index (χ3n) is 7.74. The van der Waals surface area contributed by atoms with Gasteiger partial charge in [-0.1, -0.05) is 38.1 Å². The Labute approximate surface area is 226 Å². The number of anilines is 1. The number of aryl methyl sites for hydroxylation is 2. The van der Waals surface area contributed by atoms with E-state index >= 15 is 0 Å². The number of rotatable bonds is 8. The Kier molecular flexibility index (Phi) is 8.72. The van der Waals surface area contributed by atoms with E-state index < -0.39 is 0 Å². The summed E-state index contributed by atoms with van der Waals surface area (Å²) in [6.07, 6.45) is 1.94. The van der Waals surface area contributed by atoms with Crippen molar-refractivity contribution in [3.63, 3.8) is 0 Å². The minimum absolute atomic E-state index is 0.157. The number of carbonyl (C=O) groups excluding carboxylic acids is 1. The van der Waals surface area contributed by atoms with Gasteiger partial charge in [-0.05, 0) is 92.5 Å². The first-order valence-corrected chi connectivity index (χ1v) is 13.8. The predicted octanol–water partition coefficient (Wildman–Crippen LogP) is 6.03. The zero-order valence-corrected chi connectivity index (χ0v) is 23.6. The lowest BCUT2D eigenvalue weighted by molar-refractivity contribution is 0.0846. The summed E-state index contributed by atoms with van der Waals surface area (Å²) < 4.78 is 5.63. The number of amides is 1. The van der Waals surface area contributed by atoms with Gasteiger partial charge < -0.3 is 19.9 Å². The number of H-pyrrole nitrogens is 1. The highest BCUT2D eigenvalue weighted by molar-refractivity contribution is 5.99. The molecule has 4 rings (SSSR count).